The summed E-state index contributed by atoms with van der Waals surface area (Å²) < 4.78 is 11.0. The van der Waals surface area contributed by atoms with Crippen LogP contribution >= 0.6 is 11.3 Å². The van der Waals surface area contributed by atoms with E-state index in [-0.39, 0.29) is 22.3 Å². The summed E-state index contributed by atoms with van der Waals surface area (Å²) in [6, 6.07) is 19.9. The van der Waals surface area contributed by atoms with Gasteiger partial charge in [-0.2, -0.15) is 0 Å². The third-order valence-electron chi connectivity index (χ3n) is 5.11. The predicted octanol–water partition coefficient (Wildman–Crippen LogP) is 5.32. The van der Waals surface area contributed by atoms with Crippen molar-refractivity contribution in [2.24, 2.45) is 0 Å². The molecule has 0 spiro atoms. The van der Waals surface area contributed by atoms with Crippen LogP contribution in [0.2, 0.25) is 0 Å². The number of rotatable bonds is 7. The first-order valence-electron chi connectivity index (χ1n) is 10.6. The molecule has 1 amide bonds. The highest BCUT2D eigenvalue weighted by atomic mass is 32.1. The first-order chi connectivity index (χ1) is 17.5. The highest BCUT2D eigenvalue weighted by molar-refractivity contribution is 7.14. The standard InChI is InChI=1S/C25H16N4O6S/c30-22(28-25-27-20(14-36-25)15-6-5-7-16(12-15)29(32)33)13-34-24(31)18-9-2-1-8-17(18)23-26-19-10-3-4-11-21(19)35-23/h1-12,14H,13H2,(H,27,28,30). The monoisotopic (exact) mass is 500 g/mol. The normalized spacial score (nSPS) is 10.8. The number of fused-ring (bicyclic) bond motifs is 1. The second-order valence-electron chi connectivity index (χ2n) is 7.50. The molecule has 5 aromatic rings. The molecule has 0 saturated heterocycles. The number of anilines is 1. The van der Waals surface area contributed by atoms with Crippen molar-refractivity contribution >= 4 is 45.1 Å². The molecule has 36 heavy (non-hydrogen) atoms. The Bertz CT molecular complexity index is 1580. The number of carbonyl (C=O) groups excluding carboxylic acids is 2. The third kappa shape index (κ3) is 4.81. The molecule has 3 aromatic carbocycles. The second kappa shape index (κ2) is 9.76. The van der Waals surface area contributed by atoms with Crippen molar-refractivity contribution in [1.82, 2.24) is 9.97 Å². The molecule has 2 heterocycles. The van der Waals surface area contributed by atoms with E-state index in [4.69, 9.17) is 9.15 Å². The number of nitrogens with one attached hydrogen (secondary N) is 1. The highest BCUT2D eigenvalue weighted by Gasteiger charge is 2.19. The lowest BCUT2D eigenvalue weighted by atomic mass is 10.1. The second-order valence-corrected chi connectivity index (χ2v) is 8.36. The number of aromatic nitrogens is 2. The molecule has 0 aliphatic carbocycles. The van der Waals surface area contributed by atoms with Gasteiger partial charge in [0.1, 0.15) is 5.52 Å². The molecule has 0 fully saturated rings. The van der Waals surface area contributed by atoms with Crippen LogP contribution in [0.3, 0.4) is 0 Å². The summed E-state index contributed by atoms with van der Waals surface area (Å²) >= 11 is 1.15. The van der Waals surface area contributed by atoms with E-state index >= 15 is 0 Å². The number of non-ortho nitro benzene ring substituents is 1. The van der Waals surface area contributed by atoms with E-state index in [1.54, 1.807) is 53.9 Å². The van der Waals surface area contributed by atoms with Gasteiger partial charge in [-0.3, -0.25) is 20.2 Å². The molecule has 1 N–H and O–H groups in total. The van der Waals surface area contributed by atoms with Gasteiger partial charge in [0, 0.05) is 23.1 Å². The van der Waals surface area contributed by atoms with Gasteiger partial charge in [-0.1, -0.05) is 36.4 Å². The maximum Gasteiger partial charge on any atom is 0.339 e. The summed E-state index contributed by atoms with van der Waals surface area (Å²) in [6.45, 7) is -0.535. The lowest BCUT2D eigenvalue weighted by molar-refractivity contribution is -0.384. The largest absolute Gasteiger partial charge is 0.452 e. The minimum Gasteiger partial charge on any atom is -0.452 e. The number of thiazole rings is 1. The van der Waals surface area contributed by atoms with Crippen molar-refractivity contribution in [1.29, 1.82) is 0 Å². The average Bonchev–Trinajstić information content (AvgIpc) is 3.54. The van der Waals surface area contributed by atoms with Gasteiger partial charge in [0.25, 0.3) is 11.6 Å². The molecular formula is C25H16N4O6S. The predicted molar refractivity (Wildman–Crippen MR) is 133 cm³/mol. The number of nitrogens with zero attached hydrogens (tertiary/aromatic N) is 3. The lowest BCUT2D eigenvalue weighted by Gasteiger charge is -2.07. The van der Waals surface area contributed by atoms with Crippen molar-refractivity contribution in [3.8, 4) is 22.7 Å². The third-order valence-corrected chi connectivity index (χ3v) is 5.87. The van der Waals surface area contributed by atoms with Crippen molar-refractivity contribution in [3.05, 3.63) is 93.9 Å². The molecule has 0 bridgehead atoms. The fourth-order valence-corrected chi connectivity index (χ4v) is 4.18. The van der Waals surface area contributed by atoms with Crippen LogP contribution in [0.4, 0.5) is 10.8 Å². The van der Waals surface area contributed by atoms with Crippen LogP contribution in [-0.4, -0.2) is 33.4 Å². The number of benzene rings is 3. The number of oxazole rings is 1. The number of nitro benzene ring substituents is 1. The van der Waals surface area contributed by atoms with E-state index in [9.17, 15) is 19.7 Å². The topological polar surface area (TPSA) is 137 Å². The zero-order chi connectivity index (χ0) is 25.1. The maximum absolute atomic E-state index is 12.7. The summed E-state index contributed by atoms with van der Waals surface area (Å²) in [5.41, 5.74) is 2.85. The van der Waals surface area contributed by atoms with Crippen molar-refractivity contribution in [2.75, 3.05) is 11.9 Å². The van der Waals surface area contributed by atoms with Crippen molar-refractivity contribution in [3.63, 3.8) is 0 Å². The summed E-state index contributed by atoms with van der Waals surface area (Å²) in [7, 11) is 0. The Morgan fingerprint density at radius 2 is 1.83 bits per heavy atom. The van der Waals surface area contributed by atoms with Gasteiger partial charge in [0.05, 0.1) is 21.7 Å². The number of ether oxygens (including phenoxy) is 1. The number of hydrogen-bond donors (Lipinski definition) is 1. The van der Waals surface area contributed by atoms with Crippen LogP contribution < -0.4 is 5.32 Å². The van der Waals surface area contributed by atoms with E-state index in [0.29, 0.717) is 27.9 Å². The highest BCUT2D eigenvalue weighted by Crippen LogP contribution is 2.29. The zero-order valence-corrected chi connectivity index (χ0v) is 19.2. The fraction of sp³-hybridized carbons (Fsp3) is 0.0400. The molecule has 0 aliphatic heterocycles. The molecule has 0 unspecified atom stereocenters. The van der Waals surface area contributed by atoms with Gasteiger partial charge in [-0.25, -0.2) is 14.8 Å². The number of amides is 1. The SMILES string of the molecule is O=C(COC(=O)c1ccccc1-c1nc2ccccc2o1)Nc1nc(-c2cccc([N+](=O)[O-])c2)cs1. The molecular weight excluding hydrogens is 484 g/mol. The maximum atomic E-state index is 12.7. The minimum atomic E-state index is -0.709. The van der Waals surface area contributed by atoms with Crippen molar-refractivity contribution in [2.45, 2.75) is 0 Å². The van der Waals surface area contributed by atoms with Crippen LogP contribution in [0.15, 0.2) is 82.6 Å². The molecule has 0 saturated carbocycles. The Hall–Kier alpha value is -4.90. The summed E-state index contributed by atoms with van der Waals surface area (Å²) in [4.78, 5) is 44.3. The van der Waals surface area contributed by atoms with E-state index in [1.165, 1.54) is 12.1 Å². The van der Waals surface area contributed by atoms with Gasteiger partial charge in [0.2, 0.25) is 5.89 Å². The zero-order valence-electron chi connectivity index (χ0n) is 18.4. The number of nitro groups is 1. The molecule has 11 heteroatoms. The summed E-state index contributed by atoms with van der Waals surface area (Å²) in [6.07, 6.45) is 0. The van der Waals surface area contributed by atoms with Crippen molar-refractivity contribution < 1.29 is 23.7 Å². The molecule has 178 valence electrons. The molecule has 5 rings (SSSR count). The molecule has 0 radical (unpaired) electrons. The van der Waals surface area contributed by atoms with Gasteiger partial charge in [-0.15, -0.1) is 11.3 Å². The number of hydrogen-bond acceptors (Lipinski definition) is 9. The molecule has 0 aliphatic rings. The summed E-state index contributed by atoms with van der Waals surface area (Å²) in [5.74, 6) is -1.02. The van der Waals surface area contributed by atoms with Crippen LogP contribution in [0.25, 0.3) is 33.8 Å². The number of carbonyl (C=O) groups is 2. The van der Waals surface area contributed by atoms with E-state index in [1.807, 2.05) is 12.1 Å². The van der Waals surface area contributed by atoms with Crippen LogP contribution in [0.1, 0.15) is 10.4 Å². The Morgan fingerprint density at radius 1 is 1.03 bits per heavy atom. The van der Waals surface area contributed by atoms with E-state index < -0.39 is 23.4 Å². The number of para-hydroxylation sites is 2. The van der Waals surface area contributed by atoms with Gasteiger partial charge in [-0.05, 0) is 24.3 Å². The van der Waals surface area contributed by atoms with Crippen LogP contribution in [0, 0.1) is 10.1 Å². The number of esters is 1. The van der Waals surface area contributed by atoms with Gasteiger partial charge < -0.3 is 9.15 Å². The minimum absolute atomic E-state index is 0.0591. The molecule has 0 atom stereocenters. The van der Waals surface area contributed by atoms with Gasteiger partial charge in [0.15, 0.2) is 17.3 Å². The van der Waals surface area contributed by atoms with Crippen LogP contribution in [-0.2, 0) is 9.53 Å². The fourth-order valence-electron chi connectivity index (χ4n) is 3.44. The van der Waals surface area contributed by atoms with Crippen LogP contribution in [0.5, 0.6) is 0 Å². The summed E-state index contributed by atoms with van der Waals surface area (Å²) in [5, 5.41) is 15.5. The Morgan fingerprint density at radius 3 is 2.67 bits per heavy atom. The Balaban J connectivity index is 1.24. The Kier molecular flexibility index (Phi) is 6.20. The smallest absolute Gasteiger partial charge is 0.339 e. The first kappa shape index (κ1) is 22.9. The molecule has 2 aromatic heterocycles. The van der Waals surface area contributed by atoms with Gasteiger partial charge >= 0.3 is 5.97 Å². The van der Waals surface area contributed by atoms with E-state index in [0.717, 1.165) is 11.3 Å². The van der Waals surface area contributed by atoms with E-state index in [2.05, 4.69) is 15.3 Å². The first-order valence-corrected chi connectivity index (χ1v) is 11.5. The quantitative estimate of drug-likeness (QED) is 0.180. The average molecular weight is 500 g/mol. The Labute approximate surface area is 207 Å². The lowest BCUT2D eigenvalue weighted by Crippen LogP contribution is -2.21. The molecule has 10 nitrogen and oxygen atoms in total.